The average molecular weight is 685 g/mol. The van der Waals surface area contributed by atoms with E-state index in [2.05, 4.69) is 26.5 Å². The quantitative estimate of drug-likeness (QED) is 0.0706. The van der Waals surface area contributed by atoms with Gasteiger partial charge in [0.05, 0.1) is 41.7 Å². The Morgan fingerprint density at radius 1 is 0.957 bits per heavy atom. The number of ether oxygens (including phenoxy) is 2. The monoisotopic (exact) mass is 684 g/mol. The number of fused-ring (bicyclic) bond motifs is 7. The van der Waals surface area contributed by atoms with Gasteiger partial charge >= 0.3 is 11.9 Å². The lowest BCUT2D eigenvalue weighted by Crippen LogP contribution is -2.77. The van der Waals surface area contributed by atoms with Gasteiger partial charge < -0.3 is 40.1 Å². The lowest BCUT2D eigenvalue weighted by Gasteiger charge is -2.73. The molecule has 6 N–H and O–H groups in total. The first-order chi connectivity index (χ1) is 21.3. The van der Waals surface area contributed by atoms with Crippen LogP contribution in [0.15, 0.2) is 23.3 Å². The van der Waals surface area contributed by atoms with E-state index in [-0.39, 0.29) is 35.9 Å². The van der Waals surface area contributed by atoms with Crippen LogP contribution in [0.1, 0.15) is 80.1 Å². The highest BCUT2D eigenvalue weighted by atomic mass is 32.1. The van der Waals surface area contributed by atoms with Crippen molar-refractivity contribution in [1.29, 1.82) is 0 Å². The van der Waals surface area contributed by atoms with Crippen LogP contribution in [-0.2, 0) is 19.1 Å². The fourth-order valence-electron chi connectivity index (χ4n) is 11.0. The summed E-state index contributed by atoms with van der Waals surface area (Å²) in [5.41, 5.74) is -2.79. The minimum atomic E-state index is -2.04. The maximum Gasteiger partial charge on any atom is 0.333 e. The Hall–Kier alpha value is -1.12. The Bertz CT molecular complexity index is 1320. The Balaban J connectivity index is 1.67. The zero-order valence-corrected chi connectivity index (χ0v) is 29.4. The van der Waals surface area contributed by atoms with Gasteiger partial charge in [-0.25, -0.2) is 4.79 Å². The van der Waals surface area contributed by atoms with Crippen molar-refractivity contribution in [3.8, 4) is 0 Å². The molecule has 14 atom stereocenters. The smallest absolute Gasteiger partial charge is 0.333 e. The van der Waals surface area contributed by atoms with Gasteiger partial charge in [0.25, 0.3) is 0 Å². The van der Waals surface area contributed by atoms with Gasteiger partial charge in [-0.15, -0.1) is 12.6 Å². The summed E-state index contributed by atoms with van der Waals surface area (Å²) in [5, 5.41) is 69.1. The fourth-order valence-corrected chi connectivity index (χ4v) is 11.9. The van der Waals surface area contributed by atoms with Crippen LogP contribution in [0, 0.1) is 39.4 Å². The zero-order chi connectivity index (χ0) is 34.4. The van der Waals surface area contributed by atoms with E-state index >= 15 is 0 Å². The SMILES string of the molecule is C/C=C(/C)C(=O)O[C@H]1[C@H](OC(C)=O)[C@@]2(CO)C(C[C@]1(O)S)C1=CCC3[C@@]4(C)CC[C@H](O)[C@](S)(CO)C4CC[C@@]3(C)[C@]1(C)[C@@H](O)[C@H]2O. The number of esters is 2. The van der Waals surface area contributed by atoms with Gasteiger partial charge in [-0.1, -0.05) is 38.5 Å². The standard InChI is InChI=1S/C34H52O10S2/c1-7-17(2)28(41)44-27-26(43-18(3)37)32(15-35)20(14-34(27,42)46)19-8-9-21-29(4)12-11-23(38)33(45,16-36)22(29)10-13-30(21,5)31(19,6)24(39)25(32)40/h7-8,20-27,35-36,38-40,42,45-46H,9-16H2,1-6H3/b17-7-/t20?,21?,22?,23-,24-,25+,26-,27-,29+,30+,31-,32-,33-,34-/m0/s1. The molecule has 10 nitrogen and oxygen atoms in total. The number of carbonyl (C=O) groups is 2. The molecule has 0 aromatic heterocycles. The fraction of sp³-hybridized carbons (Fsp3) is 0.824. The Labute approximate surface area is 282 Å². The van der Waals surface area contributed by atoms with E-state index in [0.717, 1.165) is 12.5 Å². The number of carbonyl (C=O) groups excluding carboxylic acids is 2. The van der Waals surface area contributed by atoms with Gasteiger partial charge in [0, 0.05) is 17.9 Å². The van der Waals surface area contributed by atoms with Crippen LogP contribution in [0.2, 0.25) is 0 Å². The summed E-state index contributed by atoms with van der Waals surface area (Å²) < 4.78 is 10.5. The van der Waals surface area contributed by atoms with Crippen LogP contribution < -0.4 is 0 Å². The van der Waals surface area contributed by atoms with Crippen LogP contribution in [0.3, 0.4) is 0 Å². The molecular formula is C34H52O10S2. The summed E-state index contributed by atoms with van der Waals surface area (Å²) in [5.74, 6) is -2.50. The molecule has 0 radical (unpaired) electrons. The van der Waals surface area contributed by atoms with Gasteiger partial charge in [0.2, 0.25) is 0 Å². The number of aliphatic hydroxyl groups excluding tert-OH is 5. The summed E-state index contributed by atoms with van der Waals surface area (Å²) in [6.45, 7) is 9.57. The lowest BCUT2D eigenvalue weighted by atomic mass is 9.33. The zero-order valence-electron chi connectivity index (χ0n) is 27.6. The van der Waals surface area contributed by atoms with E-state index < -0.39 is 80.9 Å². The minimum Gasteiger partial charge on any atom is -0.458 e. The molecule has 4 fully saturated rings. The number of rotatable bonds is 5. The van der Waals surface area contributed by atoms with Gasteiger partial charge in [-0.3, -0.25) is 4.79 Å². The molecule has 3 unspecified atom stereocenters. The van der Waals surface area contributed by atoms with Gasteiger partial charge in [0.1, 0.15) is 4.93 Å². The Kier molecular flexibility index (Phi) is 9.24. The van der Waals surface area contributed by atoms with Crippen molar-refractivity contribution in [2.24, 2.45) is 39.4 Å². The van der Waals surface area contributed by atoms with E-state index in [0.29, 0.717) is 32.1 Å². The van der Waals surface area contributed by atoms with Crippen molar-refractivity contribution in [1.82, 2.24) is 0 Å². The van der Waals surface area contributed by atoms with E-state index in [1.54, 1.807) is 6.92 Å². The molecule has 0 aromatic carbocycles. The topological polar surface area (TPSA) is 174 Å². The van der Waals surface area contributed by atoms with E-state index in [4.69, 9.17) is 22.1 Å². The third kappa shape index (κ3) is 4.60. The van der Waals surface area contributed by atoms with Gasteiger partial charge in [-0.05, 0) is 81.0 Å². The summed E-state index contributed by atoms with van der Waals surface area (Å²) in [4.78, 5) is 23.5. The molecule has 0 amide bonds. The highest BCUT2D eigenvalue weighted by Crippen LogP contribution is 2.75. The van der Waals surface area contributed by atoms with Crippen molar-refractivity contribution in [2.45, 2.75) is 120 Å². The second-order valence-electron chi connectivity index (χ2n) is 15.5. The van der Waals surface area contributed by atoms with Crippen molar-refractivity contribution >= 4 is 37.2 Å². The Morgan fingerprint density at radius 2 is 1.61 bits per heavy atom. The molecule has 5 aliphatic carbocycles. The third-order valence-electron chi connectivity index (χ3n) is 13.8. The van der Waals surface area contributed by atoms with Gasteiger partial charge in [0.15, 0.2) is 12.2 Å². The largest absolute Gasteiger partial charge is 0.458 e. The molecule has 12 heteroatoms. The lowest BCUT2D eigenvalue weighted by molar-refractivity contribution is -0.290. The van der Waals surface area contributed by atoms with Crippen LogP contribution in [0.4, 0.5) is 0 Å². The van der Waals surface area contributed by atoms with E-state index in [9.17, 15) is 40.2 Å². The predicted octanol–water partition coefficient (Wildman–Crippen LogP) is 2.34. The molecule has 0 heterocycles. The molecule has 0 bridgehead atoms. The number of aliphatic hydroxyl groups is 6. The number of thiol groups is 2. The number of hydrogen-bond donors (Lipinski definition) is 8. The summed E-state index contributed by atoms with van der Waals surface area (Å²) >= 11 is 9.47. The van der Waals surface area contributed by atoms with Crippen LogP contribution in [-0.4, -0.2) is 96.0 Å². The summed E-state index contributed by atoms with van der Waals surface area (Å²) in [6.07, 6.45) is -0.593. The molecule has 0 aliphatic heterocycles. The summed E-state index contributed by atoms with van der Waals surface area (Å²) in [6, 6.07) is 0. The highest BCUT2D eigenvalue weighted by Gasteiger charge is 2.77. The minimum absolute atomic E-state index is 0.0261. The van der Waals surface area contributed by atoms with Gasteiger partial charge in [-0.2, -0.15) is 12.6 Å². The maximum absolute atomic E-state index is 13.0. The van der Waals surface area contributed by atoms with Crippen molar-refractivity contribution in [2.75, 3.05) is 13.2 Å². The second kappa shape index (κ2) is 11.7. The normalized spacial score (nSPS) is 51.9. The first-order valence-electron chi connectivity index (χ1n) is 16.4. The van der Waals surface area contributed by atoms with Crippen LogP contribution >= 0.6 is 25.3 Å². The maximum atomic E-state index is 13.0. The molecule has 260 valence electrons. The molecule has 4 saturated carbocycles. The predicted molar refractivity (Wildman–Crippen MR) is 176 cm³/mol. The first kappa shape index (κ1) is 36.2. The van der Waals surface area contributed by atoms with Crippen LogP contribution in [0.25, 0.3) is 0 Å². The molecule has 0 aromatic rings. The van der Waals surface area contributed by atoms with E-state index in [1.165, 1.54) is 13.0 Å². The molecule has 5 aliphatic rings. The Morgan fingerprint density at radius 3 is 2.17 bits per heavy atom. The van der Waals surface area contributed by atoms with E-state index in [1.807, 2.05) is 13.0 Å². The third-order valence-corrected chi connectivity index (χ3v) is 15.0. The second-order valence-corrected chi connectivity index (χ2v) is 17.1. The molecule has 46 heavy (non-hydrogen) atoms. The van der Waals surface area contributed by atoms with Crippen molar-refractivity contribution < 1.29 is 49.7 Å². The molecule has 0 saturated heterocycles. The molecule has 5 rings (SSSR count). The average Bonchev–Trinajstić information content (AvgIpc) is 2.99. The van der Waals surface area contributed by atoms with Crippen molar-refractivity contribution in [3.05, 3.63) is 23.3 Å². The first-order valence-corrected chi connectivity index (χ1v) is 17.3. The molecule has 0 spiro atoms. The number of hydrogen-bond acceptors (Lipinski definition) is 12. The highest BCUT2D eigenvalue weighted by molar-refractivity contribution is 7.82. The summed E-state index contributed by atoms with van der Waals surface area (Å²) in [7, 11) is 0. The molecular weight excluding hydrogens is 632 g/mol. The number of allylic oxidation sites excluding steroid dienone is 2. The van der Waals surface area contributed by atoms with Crippen LogP contribution in [0.5, 0.6) is 0 Å². The van der Waals surface area contributed by atoms with Crippen molar-refractivity contribution in [3.63, 3.8) is 0 Å².